The van der Waals surface area contributed by atoms with Crippen LogP contribution >= 0.6 is 0 Å². The second-order valence-electron chi connectivity index (χ2n) is 4.03. The van der Waals surface area contributed by atoms with E-state index in [4.69, 9.17) is 0 Å². The van der Waals surface area contributed by atoms with Gasteiger partial charge < -0.3 is 4.74 Å². The van der Waals surface area contributed by atoms with Crippen molar-refractivity contribution in [2.45, 2.75) is 58.7 Å². The lowest BCUT2D eigenvalue weighted by Gasteiger charge is -2.40. The predicted molar refractivity (Wildman–Crippen MR) is 54.9 cm³/mol. The number of hydrogen-bond donors (Lipinski definition) is 0. The summed E-state index contributed by atoms with van der Waals surface area (Å²) < 4.78 is 70.4. The van der Waals surface area contributed by atoms with Gasteiger partial charge in [-0.3, -0.25) is 0 Å². The highest BCUT2D eigenvalue weighted by Crippen LogP contribution is 2.55. The van der Waals surface area contributed by atoms with E-state index in [-0.39, 0.29) is 12.8 Å². The van der Waals surface area contributed by atoms with Crippen LogP contribution in [-0.2, 0) is 4.74 Å². The average Bonchev–Trinajstić information content (AvgIpc) is 2.15. The van der Waals surface area contributed by atoms with Crippen molar-refractivity contribution in [3.63, 3.8) is 0 Å². The van der Waals surface area contributed by atoms with Crippen LogP contribution in [0.4, 0.5) is 22.0 Å². The van der Waals surface area contributed by atoms with Crippen LogP contribution in [0.2, 0.25) is 0 Å². The lowest BCUT2D eigenvalue weighted by atomic mass is 9.77. The summed E-state index contributed by atoms with van der Waals surface area (Å²) in [5.41, 5.74) is -3.07. The lowest BCUT2D eigenvalue weighted by Crippen LogP contribution is -2.53. The molecule has 0 aliphatic rings. The molecule has 0 spiro atoms. The van der Waals surface area contributed by atoms with Gasteiger partial charge in [0.1, 0.15) is 0 Å². The fourth-order valence-corrected chi connectivity index (χ4v) is 2.04. The van der Waals surface area contributed by atoms with Crippen LogP contribution in [0.1, 0.15) is 46.5 Å². The predicted octanol–water partition coefficient (Wildman–Crippen LogP) is 4.76. The summed E-state index contributed by atoms with van der Waals surface area (Å²) in [5.74, 6) is 0. The zero-order chi connectivity index (χ0) is 13.7. The minimum atomic E-state index is -4.97. The summed E-state index contributed by atoms with van der Waals surface area (Å²) in [5, 5.41) is 0. The molecule has 0 saturated carbocycles. The SMILES string of the molecule is CCCC(CCC)(C(F)(F)F)C(F)(F)OCC. The maximum Gasteiger partial charge on any atom is 0.402 e. The summed E-state index contributed by atoms with van der Waals surface area (Å²) >= 11 is 0. The summed E-state index contributed by atoms with van der Waals surface area (Å²) in [6.07, 6.45) is -10.3. The zero-order valence-electron chi connectivity index (χ0n) is 10.3. The average molecular weight is 262 g/mol. The first-order valence-corrected chi connectivity index (χ1v) is 5.77. The van der Waals surface area contributed by atoms with E-state index in [1.165, 1.54) is 20.8 Å². The highest BCUT2D eigenvalue weighted by Gasteiger charge is 2.68. The van der Waals surface area contributed by atoms with Gasteiger partial charge in [-0.1, -0.05) is 26.7 Å². The van der Waals surface area contributed by atoms with Gasteiger partial charge in [-0.2, -0.15) is 22.0 Å². The summed E-state index contributed by atoms with van der Waals surface area (Å²) in [6, 6.07) is 0. The van der Waals surface area contributed by atoms with Crippen LogP contribution in [0, 0.1) is 5.41 Å². The highest BCUT2D eigenvalue weighted by atomic mass is 19.4. The Morgan fingerprint density at radius 3 is 1.47 bits per heavy atom. The van der Waals surface area contributed by atoms with Gasteiger partial charge in [-0.15, -0.1) is 0 Å². The largest absolute Gasteiger partial charge is 0.402 e. The van der Waals surface area contributed by atoms with Crippen molar-refractivity contribution in [3.05, 3.63) is 0 Å². The highest BCUT2D eigenvalue weighted by molar-refractivity contribution is 4.93. The van der Waals surface area contributed by atoms with E-state index in [0.29, 0.717) is 0 Å². The molecule has 0 heterocycles. The van der Waals surface area contributed by atoms with E-state index >= 15 is 0 Å². The normalized spacial score (nSPS) is 14.1. The third-order valence-electron chi connectivity index (χ3n) is 2.78. The van der Waals surface area contributed by atoms with Gasteiger partial charge in [0.05, 0.1) is 6.61 Å². The molecule has 0 atom stereocenters. The van der Waals surface area contributed by atoms with Crippen LogP contribution < -0.4 is 0 Å². The number of hydrogen-bond acceptors (Lipinski definition) is 1. The fourth-order valence-electron chi connectivity index (χ4n) is 2.04. The van der Waals surface area contributed by atoms with Gasteiger partial charge >= 0.3 is 12.3 Å². The molecule has 0 aliphatic heterocycles. The summed E-state index contributed by atoms with van der Waals surface area (Å²) in [7, 11) is 0. The van der Waals surface area contributed by atoms with Gasteiger partial charge in [0.15, 0.2) is 5.41 Å². The summed E-state index contributed by atoms with van der Waals surface area (Å²) in [6.45, 7) is 3.72. The maximum absolute atomic E-state index is 13.7. The van der Waals surface area contributed by atoms with E-state index in [2.05, 4.69) is 4.74 Å². The minimum Gasteiger partial charge on any atom is -0.320 e. The molecule has 1 nitrogen and oxygen atoms in total. The molecule has 0 radical (unpaired) electrons. The molecular formula is C11H19F5O. The molecule has 0 rings (SSSR count). The van der Waals surface area contributed by atoms with Crippen molar-refractivity contribution < 1.29 is 26.7 Å². The number of rotatable bonds is 7. The molecule has 0 amide bonds. The molecule has 0 aromatic rings. The minimum absolute atomic E-state index is 0.0299. The topological polar surface area (TPSA) is 9.23 Å². The molecule has 0 aromatic heterocycles. The second kappa shape index (κ2) is 5.98. The third kappa shape index (κ3) is 3.30. The molecule has 0 saturated heterocycles. The quantitative estimate of drug-likeness (QED) is 0.601. The molecule has 17 heavy (non-hydrogen) atoms. The van der Waals surface area contributed by atoms with Crippen molar-refractivity contribution in [1.29, 1.82) is 0 Å². The van der Waals surface area contributed by atoms with E-state index in [1.807, 2.05) is 0 Å². The first-order chi connectivity index (χ1) is 7.68. The Labute approximate surface area is 98.3 Å². The van der Waals surface area contributed by atoms with E-state index in [9.17, 15) is 22.0 Å². The molecule has 0 unspecified atom stereocenters. The molecule has 0 fully saturated rings. The first-order valence-electron chi connectivity index (χ1n) is 5.77. The van der Waals surface area contributed by atoms with Gasteiger partial charge in [-0.05, 0) is 19.8 Å². The van der Waals surface area contributed by atoms with Gasteiger partial charge in [0.2, 0.25) is 0 Å². The lowest BCUT2D eigenvalue weighted by molar-refractivity contribution is -0.387. The van der Waals surface area contributed by atoms with Crippen LogP contribution in [0.5, 0.6) is 0 Å². The zero-order valence-corrected chi connectivity index (χ0v) is 10.3. The van der Waals surface area contributed by atoms with Crippen LogP contribution in [0.15, 0.2) is 0 Å². The molecule has 0 aliphatic carbocycles. The van der Waals surface area contributed by atoms with Crippen molar-refractivity contribution in [2.75, 3.05) is 6.61 Å². The Morgan fingerprint density at radius 1 is 0.824 bits per heavy atom. The smallest absolute Gasteiger partial charge is 0.320 e. The standard InChI is InChI=1S/C11H19F5O/c1-4-7-9(8-5-2,10(12,13)14)11(15,16)17-6-3/h4-8H2,1-3H3. The Morgan fingerprint density at radius 2 is 1.24 bits per heavy atom. The first kappa shape index (κ1) is 16.6. The Kier molecular flexibility index (Phi) is 5.84. The monoisotopic (exact) mass is 262 g/mol. The van der Waals surface area contributed by atoms with Gasteiger partial charge in [0.25, 0.3) is 0 Å². The molecular weight excluding hydrogens is 243 g/mol. The van der Waals surface area contributed by atoms with E-state index in [1.54, 1.807) is 0 Å². The van der Waals surface area contributed by atoms with Crippen LogP contribution in [0.3, 0.4) is 0 Å². The van der Waals surface area contributed by atoms with Gasteiger partial charge in [-0.25, -0.2) is 0 Å². The van der Waals surface area contributed by atoms with E-state index in [0.717, 1.165) is 0 Å². The number of halogens is 5. The number of alkyl halides is 5. The molecule has 6 heteroatoms. The maximum atomic E-state index is 13.7. The van der Waals surface area contributed by atoms with Crippen LogP contribution in [-0.4, -0.2) is 18.9 Å². The third-order valence-corrected chi connectivity index (χ3v) is 2.78. The second-order valence-corrected chi connectivity index (χ2v) is 4.03. The fraction of sp³-hybridized carbons (Fsp3) is 1.00. The molecule has 0 aromatic carbocycles. The number of ether oxygens (including phenoxy) is 1. The van der Waals surface area contributed by atoms with Crippen molar-refractivity contribution >= 4 is 0 Å². The van der Waals surface area contributed by atoms with Crippen molar-refractivity contribution in [3.8, 4) is 0 Å². The van der Waals surface area contributed by atoms with E-state index < -0.39 is 37.1 Å². The Balaban J connectivity index is 5.45. The van der Waals surface area contributed by atoms with Crippen LogP contribution in [0.25, 0.3) is 0 Å². The molecule has 104 valence electrons. The Bertz CT molecular complexity index is 218. The Hall–Kier alpha value is -0.390. The van der Waals surface area contributed by atoms with Gasteiger partial charge in [0, 0.05) is 0 Å². The summed E-state index contributed by atoms with van der Waals surface area (Å²) in [4.78, 5) is 0. The van der Waals surface area contributed by atoms with Crippen molar-refractivity contribution in [1.82, 2.24) is 0 Å². The molecule has 0 N–H and O–H groups in total. The van der Waals surface area contributed by atoms with Crippen molar-refractivity contribution in [2.24, 2.45) is 5.41 Å². The molecule has 0 bridgehead atoms.